The number of aryl methyl sites for hydroxylation is 1. The molecule has 2 aromatic rings. The molecule has 0 saturated carbocycles. The van der Waals surface area contributed by atoms with Gasteiger partial charge >= 0.3 is 0 Å². The molecule has 0 unspecified atom stereocenters. The van der Waals surface area contributed by atoms with Crippen molar-refractivity contribution >= 4 is 5.65 Å². The molecule has 0 aliphatic carbocycles. The highest BCUT2D eigenvalue weighted by atomic mass is 15.2. The second-order valence-electron chi connectivity index (χ2n) is 4.77. The van der Waals surface area contributed by atoms with E-state index in [-0.39, 0.29) is 5.41 Å². The summed E-state index contributed by atoms with van der Waals surface area (Å²) in [6.07, 6.45) is 1.99. The summed E-state index contributed by atoms with van der Waals surface area (Å²) in [5, 5.41) is 16.1. The average molecular weight is 202 g/mol. The second-order valence-corrected chi connectivity index (χ2v) is 4.77. The van der Waals surface area contributed by atoms with E-state index in [1.807, 2.05) is 17.5 Å². The minimum atomic E-state index is -0.0234. The molecular formula is C11H14N4. The van der Waals surface area contributed by atoms with Gasteiger partial charge in [0, 0.05) is 6.20 Å². The Balaban J connectivity index is 2.83. The van der Waals surface area contributed by atoms with Gasteiger partial charge in [0.1, 0.15) is 11.9 Å². The van der Waals surface area contributed by atoms with E-state index < -0.39 is 0 Å². The Hall–Kier alpha value is -1.76. The highest BCUT2D eigenvalue weighted by Gasteiger charge is 2.23. The first-order chi connectivity index (χ1) is 6.95. The zero-order chi connectivity index (χ0) is 11.2. The zero-order valence-corrected chi connectivity index (χ0v) is 9.42. The molecule has 0 amide bonds. The maximum Gasteiger partial charge on any atom is 0.150 e. The number of nitrogens with one attached hydrogen (secondary N) is 1. The van der Waals surface area contributed by atoms with Crippen molar-refractivity contribution in [3.8, 4) is 6.07 Å². The van der Waals surface area contributed by atoms with Crippen LogP contribution in [0.2, 0.25) is 0 Å². The van der Waals surface area contributed by atoms with Gasteiger partial charge in [0.2, 0.25) is 0 Å². The molecule has 15 heavy (non-hydrogen) atoms. The Morgan fingerprint density at radius 3 is 2.67 bits per heavy atom. The lowest BCUT2D eigenvalue weighted by molar-refractivity contribution is 0.588. The lowest BCUT2D eigenvalue weighted by Crippen LogP contribution is -2.11. The number of nitriles is 1. The number of aromatic amines is 1. The van der Waals surface area contributed by atoms with Gasteiger partial charge in [-0.05, 0) is 17.9 Å². The third-order valence-electron chi connectivity index (χ3n) is 2.60. The van der Waals surface area contributed by atoms with Crippen LogP contribution in [0.3, 0.4) is 0 Å². The van der Waals surface area contributed by atoms with Gasteiger partial charge in [-0.15, -0.1) is 0 Å². The number of fused-ring (bicyclic) bond motifs is 1. The summed E-state index contributed by atoms with van der Waals surface area (Å²) in [5.41, 5.74) is 2.52. The maximum atomic E-state index is 9.17. The molecule has 0 spiro atoms. The van der Waals surface area contributed by atoms with E-state index in [0.717, 1.165) is 17.0 Å². The molecule has 2 heterocycles. The lowest BCUT2D eigenvalue weighted by Gasteiger charge is -2.16. The fourth-order valence-corrected chi connectivity index (χ4v) is 1.74. The number of rotatable bonds is 0. The summed E-state index contributed by atoms with van der Waals surface area (Å²) < 4.78 is 1.93. The zero-order valence-electron chi connectivity index (χ0n) is 9.42. The average Bonchev–Trinajstić information content (AvgIpc) is 2.64. The summed E-state index contributed by atoms with van der Waals surface area (Å²) in [5.74, 6) is 0.872. The van der Waals surface area contributed by atoms with Crippen molar-refractivity contribution in [3.63, 3.8) is 0 Å². The van der Waals surface area contributed by atoms with Crippen LogP contribution in [0, 0.1) is 18.3 Å². The molecule has 0 aromatic carbocycles. The Morgan fingerprint density at radius 1 is 1.47 bits per heavy atom. The molecule has 0 aliphatic rings. The third-order valence-corrected chi connectivity index (χ3v) is 2.60. The molecule has 4 nitrogen and oxygen atoms in total. The van der Waals surface area contributed by atoms with Crippen LogP contribution in [-0.2, 0) is 5.41 Å². The normalized spacial score (nSPS) is 11.9. The van der Waals surface area contributed by atoms with E-state index in [2.05, 4.69) is 37.0 Å². The fraction of sp³-hybridized carbons (Fsp3) is 0.455. The van der Waals surface area contributed by atoms with Crippen LogP contribution in [0.15, 0.2) is 6.20 Å². The number of nitrogens with zero attached hydrogens (tertiary/aromatic N) is 3. The largest absolute Gasteiger partial charge is 0.287 e. The van der Waals surface area contributed by atoms with Gasteiger partial charge < -0.3 is 0 Å². The van der Waals surface area contributed by atoms with Gasteiger partial charge in [0.05, 0.1) is 5.56 Å². The summed E-state index contributed by atoms with van der Waals surface area (Å²) in [6.45, 7) is 8.22. The van der Waals surface area contributed by atoms with Crippen molar-refractivity contribution in [2.75, 3.05) is 0 Å². The first-order valence-corrected chi connectivity index (χ1v) is 4.91. The summed E-state index contributed by atoms with van der Waals surface area (Å²) in [7, 11) is 0. The fourth-order valence-electron chi connectivity index (χ4n) is 1.74. The highest BCUT2D eigenvalue weighted by molar-refractivity contribution is 5.62. The third kappa shape index (κ3) is 1.32. The standard InChI is InChI=1S/C11H14N4/c1-7-13-14-10-8(5-12)9(6-15(7)10)11(2,3)4/h6,14H,1-4H3. The summed E-state index contributed by atoms with van der Waals surface area (Å²) >= 11 is 0. The van der Waals surface area contributed by atoms with Crippen LogP contribution >= 0.6 is 0 Å². The molecule has 1 N–H and O–H groups in total. The predicted molar refractivity (Wildman–Crippen MR) is 57.7 cm³/mol. The van der Waals surface area contributed by atoms with Crippen LogP contribution in [0.25, 0.3) is 5.65 Å². The van der Waals surface area contributed by atoms with Crippen molar-refractivity contribution in [1.29, 1.82) is 5.26 Å². The van der Waals surface area contributed by atoms with E-state index in [9.17, 15) is 0 Å². The Morgan fingerprint density at radius 2 is 2.13 bits per heavy atom. The highest BCUT2D eigenvalue weighted by Crippen LogP contribution is 2.29. The molecule has 0 bridgehead atoms. The molecule has 0 aliphatic heterocycles. The maximum absolute atomic E-state index is 9.17. The molecule has 0 radical (unpaired) electrons. The molecule has 78 valence electrons. The van der Waals surface area contributed by atoms with Gasteiger partial charge in [0.25, 0.3) is 0 Å². The van der Waals surface area contributed by atoms with E-state index in [0.29, 0.717) is 5.56 Å². The number of hydrogen-bond donors (Lipinski definition) is 1. The summed E-state index contributed by atoms with van der Waals surface area (Å²) in [4.78, 5) is 0. The first kappa shape index (κ1) is 9.78. The van der Waals surface area contributed by atoms with E-state index in [1.54, 1.807) is 0 Å². The molecule has 0 fully saturated rings. The number of hydrogen-bond acceptors (Lipinski definition) is 2. The van der Waals surface area contributed by atoms with Crippen LogP contribution in [0.5, 0.6) is 0 Å². The minimum absolute atomic E-state index is 0.0234. The molecular weight excluding hydrogens is 188 g/mol. The second kappa shape index (κ2) is 2.86. The first-order valence-electron chi connectivity index (χ1n) is 4.91. The molecule has 0 saturated heterocycles. The van der Waals surface area contributed by atoms with Crippen molar-refractivity contribution in [3.05, 3.63) is 23.1 Å². The van der Waals surface area contributed by atoms with Gasteiger partial charge in [-0.25, -0.2) is 0 Å². The van der Waals surface area contributed by atoms with Crippen molar-refractivity contribution < 1.29 is 0 Å². The SMILES string of the molecule is Cc1n[nH]c2c(C#N)c(C(C)(C)C)cn12. The quantitative estimate of drug-likeness (QED) is 0.711. The van der Waals surface area contributed by atoms with Crippen LogP contribution in [-0.4, -0.2) is 14.6 Å². The molecule has 2 rings (SSSR count). The van der Waals surface area contributed by atoms with Crippen LogP contribution < -0.4 is 0 Å². The van der Waals surface area contributed by atoms with Crippen LogP contribution in [0.4, 0.5) is 0 Å². The van der Waals surface area contributed by atoms with E-state index in [1.165, 1.54) is 0 Å². The molecule has 2 aromatic heterocycles. The van der Waals surface area contributed by atoms with Crippen LogP contribution in [0.1, 0.15) is 37.7 Å². The van der Waals surface area contributed by atoms with Gasteiger partial charge in [0.15, 0.2) is 5.65 Å². The van der Waals surface area contributed by atoms with E-state index >= 15 is 0 Å². The van der Waals surface area contributed by atoms with Gasteiger partial charge in [-0.2, -0.15) is 10.4 Å². The predicted octanol–water partition coefficient (Wildman–Crippen LogP) is 2.14. The van der Waals surface area contributed by atoms with Crippen molar-refractivity contribution in [2.45, 2.75) is 33.1 Å². The molecule has 4 heteroatoms. The number of aromatic nitrogens is 3. The Kier molecular flexibility index (Phi) is 1.87. The van der Waals surface area contributed by atoms with Crippen molar-refractivity contribution in [1.82, 2.24) is 14.6 Å². The number of H-pyrrole nitrogens is 1. The minimum Gasteiger partial charge on any atom is -0.287 e. The smallest absolute Gasteiger partial charge is 0.150 e. The van der Waals surface area contributed by atoms with Gasteiger partial charge in [-0.3, -0.25) is 9.50 Å². The lowest BCUT2D eigenvalue weighted by atomic mass is 9.86. The van der Waals surface area contributed by atoms with Crippen molar-refractivity contribution in [2.24, 2.45) is 0 Å². The molecule has 0 atom stereocenters. The Bertz CT molecular complexity index is 545. The van der Waals surface area contributed by atoms with E-state index in [4.69, 9.17) is 5.26 Å². The summed E-state index contributed by atoms with van der Waals surface area (Å²) in [6, 6.07) is 2.25. The topological polar surface area (TPSA) is 56.9 Å². The monoisotopic (exact) mass is 202 g/mol. The Labute approximate surface area is 88.5 Å². The van der Waals surface area contributed by atoms with Gasteiger partial charge in [-0.1, -0.05) is 20.8 Å².